The molecule has 2 fully saturated rings. The van der Waals surface area contributed by atoms with E-state index in [1.54, 1.807) is 0 Å². The van der Waals surface area contributed by atoms with Gasteiger partial charge in [0.05, 0.1) is 0 Å². The fraction of sp³-hybridized carbons (Fsp3) is 1.00. The second kappa shape index (κ2) is 5.05. The zero-order valence-corrected chi connectivity index (χ0v) is 11.3. The summed E-state index contributed by atoms with van der Waals surface area (Å²) < 4.78 is 0. The van der Waals surface area contributed by atoms with Gasteiger partial charge in [-0.3, -0.25) is 4.90 Å². The van der Waals surface area contributed by atoms with Crippen LogP contribution < -0.4 is 0 Å². The Kier molecular flexibility index (Phi) is 3.91. The van der Waals surface area contributed by atoms with Crippen LogP contribution in [0.2, 0.25) is 0 Å². The molecule has 0 aromatic heterocycles. The molecular formula is C14H28N2. The highest BCUT2D eigenvalue weighted by atomic mass is 15.2. The van der Waals surface area contributed by atoms with E-state index in [0.29, 0.717) is 5.54 Å². The van der Waals surface area contributed by atoms with E-state index in [9.17, 15) is 0 Å². The summed E-state index contributed by atoms with van der Waals surface area (Å²) in [5.41, 5.74) is 0.368. The molecule has 0 spiro atoms. The Labute approximate surface area is 101 Å². The lowest BCUT2D eigenvalue weighted by molar-refractivity contribution is 0.0490. The largest absolute Gasteiger partial charge is 0.300 e. The molecule has 0 radical (unpaired) electrons. The van der Waals surface area contributed by atoms with Crippen LogP contribution in [0.25, 0.3) is 0 Å². The van der Waals surface area contributed by atoms with E-state index >= 15 is 0 Å². The Morgan fingerprint density at radius 2 is 1.38 bits per heavy atom. The highest BCUT2D eigenvalue weighted by molar-refractivity contribution is 4.86. The molecule has 0 N–H and O–H groups in total. The summed E-state index contributed by atoms with van der Waals surface area (Å²) >= 11 is 0. The van der Waals surface area contributed by atoms with E-state index in [1.807, 2.05) is 0 Å². The van der Waals surface area contributed by atoms with Crippen LogP contribution in [-0.4, -0.2) is 47.6 Å². The predicted molar refractivity (Wildman–Crippen MR) is 69.8 cm³/mol. The molecule has 0 saturated carbocycles. The Morgan fingerprint density at radius 1 is 0.812 bits per heavy atom. The normalized spacial score (nSPS) is 27.2. The zero-order chi connectivity index (χ0) is 11.6. The van der Waals surface area contributed by atoms with Gasteiger partial charge in [-0.25, -0.2) is 0 Å². The van der Waals surface area contributed by atoms with Crippen LogP contribution in [0, 0.1) is 0 Å². The number of nitrogens with zero attached hydrogens (tertiary/aromatic N) is 2. The number of piperidine rings is 2. The molecule has 0 aromatic carbocycles. The van der Waals surface area contributed by atoms with Gasteiger partial charge in [0, 0.05) is 24.7 Å². The lowest BCUT2D eigenvalue weighted by Gasteiger charge is -2.44. The fourth-order valence-electron chi connectivity index (χ4n) is 3.19. The third kappa shape index (κ3) is 2.98. The molecule has 0 bridgehead atoms. The summed E-state index contributed by atoms with van der Waals surface area (Å²) in [6.07, 6.45) is 7.09. The maximum Gasteiger partial charge on any atom is 0.0125 e. The van der Waals surface area contributed by atoms with Crippen LogP contribution in [0.1, 0.15) is 52.9 Å². The Hall–Kier alpha value is -0.0800. The van der Waals surface area contributed by atoms with Gasteiger partial charge in [-0.2, -0.15) is 0 Å². The third-order valence-corrected chi connectivity index (χ3v) is 4.32. The molecule has 2 rings (SSSR count). The summed E-state index contributed by atoms with van der Waals surface area (Å²) in [4.78, 5) is 5.40. The van der Waals surface area contributed by atoms with Crippen LogP contribution >= 0.6 is 0 Å². The number of rotatable bonds is 1. The second-order valence-electron chi connectivity index (χ2n) is 6.49. The van der Waals surface area contributed by atoms with Gasteiger partial charge in [0.25, 0.3) is 0 Å². The van der Waals surface area contributed by atoms with Crippen molar-refractivity contribution in [3.05, 3.63) is 0 Å². The van der Waals surface area contributed by atoms with Crippen molar-refractivity contribution in [1.29, 1.82) is 0 Å². The van der Waals surface area contributed by atoms with Crippen LogP contribution in [0.3, 0.4) is 0 Å². The highest BCUT2D eigenvalue weighted by Gasteiger charge is 2.29. The Morgan fingerprint density at radius 3 is 1.88 bits per heavy atom. The average Bonchev–Trinajstić information content (AvgIpc) is 2.29. The molecule has 0 amide bonds. The van der Waals surface area contributed by atoms with Crippen molar-refractivity contribution in [2.24, 2.45) is 0 Å². The van der Waals surface area contributed by atoms with Crippen molar-refractivity contribution in [2.45, 2.75) is 64.5 Å². The quantitative estimate of drug-likeness (QED) is 0.676. The van der Waals surface area contributed by atoms with Crippen molar-refractivity contribution < 1.29 is 0 Å². The molecule has 0 atom stereocenters. The molecule has 94 valence electrons. The minimum Gasteiger partial charge on any atom is -0.300 e. The van der Waals surface area contributed by atoms with Crippen molar-refractivity contribution in [2.75, 3.05) is 26.2 Å². The van der Waals surface area contributed by atoms with E-state index in [0.717, 1.165) is 6.04 Å². The Balaban J connectivity index is 1.80. The van der Waals surface area contributed by atoms with E-state index in [1.165, 1.54) is 58.3 Å². The first-order valence-corrected chi connectivity index (χ1v) is 7.06. The molecule has 2 saturated heterocycles. The first-order chi connectivity index (χ1) is 7.57. The van der Waals surface area contributed by atoms with Crippen LogP contribution in [0.5, 0.6) is 0 Å². The molecule has 2 nitrogen and oxygen atoms in total. The van der Waals surface area contributed by atoms with Crippen LogP contribution in [0.15, 0.2) is 0 Å². The van der Waals surface area contributed by atoms with Gasteiger partial charge in [0.15, 0.2) is 0 Å². The molecule has 0 aromatic rings. The predicted octanol–water partition coefficient (Wildman–Crippen LogP) is 2.74. The molecule has 2 heteroatoms. The minimum atomic E-state index is 0.368. The maximum atomic E-state index is 2.75. The van der Waals surface area contributed by atoms with Crippen molar-refractivity contribution in [3.8, 4) is 0 Å². The van der Waals surface area contributed by atoms with Gasteiger partial charge in [-0.15, -0.1) is 0 Å². The van der Waals surface area contributed by atoms with Crippen LogP contribution in [0.4, 0.5) is 0 Å². The first kappa shape index (κ1) is 12.4. The SMILES string of the molecule is CC(C)(C)N1CCC(N2CCCCC2)CC1. The highest BCUT2D eigenvalue weighted by Crippen LogP contribution is 2.24. The maximum absolute atomic E-state index is 2.75. The van der Waals surface area contributed by atoms with Crippen molar-refractivity contribution in [1.82, 2.24) is 9.80 Å². The Bertz CT molecular complexity index is 205. The van der Waals surface area contributed by atoms with E-state index in [-0.39, 0.29) is 0 Å². The van der Waals surface area contributed by atoms with Crippen molar-refractivity contribution in [3.63, 3.8) is 0 Å². The van der Waals surface area contributed by atoms with Gasteiger partial charge in [-0.05, 0) is 59.5 Å². The van der Waals surface area contributed by atoms with Gasteiger partial charge >= 0.3 is 0 Å². The lowest BCUT2D eigenvalue weighted by Crippen LogP contribution is -2.51. The standard InChI is InChI=1S/C14H28N2/c1-14(2,3)16-11-7-13(8-12-16)15-9-5-4-6-10-15/h13H,4-12H2,1-3H3. The van der Waals surface area contributed by atoms with Crippen molar-refractivity contribution >= 4 is 0 Å². The number of hydrogen-bond donors (Lipinski definition) is 0. The second-order valence-corrected chi connectivity index (χ2v) is 6.49. The van der Waals surface area contributed by atoms with Gasteiger partial charge in [-0.1, -0.05) is 6.42 Å². The molecular weight excluding hydrogens is 196 g/mol. The van der Waals surface area contributed by atoms with E-state index in [2.05, 4.69) is 30.6 Å². The zero-order valence-electron chi connectivity index (χ0n) is 11.3. The van der Waals surface area contributed by atoms with Gasteiger partial charge < -0.3 is 4.90 Å². The molecule has 2 heterocycles. The lowest BCUT2D eigenvalue weighted by atomic mass is 9.96. The number of hydrogen-bond acceptors (Lipinski definition) is 2. The molecule has 2 aliphatic rings. The topological polar surface area (TPSA) is 6.48 Å². The first-order valence-electron chi connectivity index (χ1n) is 7.06. The monoisotopic (exact) mass is 224 g/mol. The summed E-state index contributed by atoms with van der Waals surface area (Å²) in [7, 11) is 0. The molecule has 2 aliphatic heterocycles. The summed E-state index contributed by atoms with van der Waals surface area (Å²) in [5.74, 6) is 0. The van der Waals surface area contributed by atoms with E-state index < -0.39 is 0 Å². The smallest absolute Gasteiger partial charge is 0.0125 e. The number of likely N-dealkylation sites (tertiary alicyclic amines) is 2. The summed E-state index contributed by atoms with van der Waals surface area (Å²) in [5, 5.41) is 0. The van der Waals surface area contributed by atoms with Gasteiger partial charge in [0.1, 0.15) is 0 Å². The molecule has 0 unspecified atom stereocenters. The summed E-state index contributed by atoms with van der Waals surface area (Å²) in [6.45, 7) is 12.3. The van der Waals surface area contributed by atoms with E-state index in [4.69, 9.17) is 0 Å². The van der Waals surface area contributed by atoms with Gasteiger partial charge in [0.2, 0.25) is 0 Å². The molecule has 0 aliphatic carbocycles. The summed E-state index contributed by atoms with van der Waals surface area (Å²) in [6, 6.07) is 0.888. The molecule has 16 heavy (non-hydrogen) atoms. The van der Waals surface area contributed by atoms with Crippen LogP contribution in [-0.2, 0) is 0 Å². The minimum absolute atomic E-state index is 0.368. The fourth-order valence-corrected chi connectivity index (χ4v) is 3.19. The third-order valence-electron chi connectivity index (χ3n) is 4.32. The average molecular weight is 224 g/mol.